The normalized spacial score (nSPS) is 10.6. The van der Waals surface area contributed by atoms with E-state index >= 15 is 0 Å². The van der Waals surface area contributed by atoms with Gasteiger partial charge in [-0.3, -0.25) is 9.59 Å². The molecule has 4 rings (SSSR count). The lowest BCUT2D eigenvalue weighted by Gasteiger charge is -2.16. The number of carboxylic acid groups (broad SMARTS) is 2. The standard InChI is InChI=1S/C26H16I2N2O6/c27-13-1-5-15(6-2-13)29-23(31)17-9-10-18(24(32)30-16-7-3-14(28)4-8-16)22-20(26(35)36)12-11-19(21(17)22)25(33)34/h1-12H,(H,29,31)(H,30,32)(H,33,34)(H,35,36). The molecule has 8 nitrogen and oxygen atoms in total. The van der Waals surface area contributed by atoms with Gasteiger partial charge in [0, 0.05) is 40.4 Å². The van der Waals surface area contributed by atoms with E-state index in [4.69, 9.17) is 0 Å². The van der Waals surface area contributed by atoms with Crippen LogP contribution in [-0.2, 0) is 0 Å². The van der Waals surface area contributed by atoms with E-state index in [9.17, 15) is 29.4 Å². The Hall–Kier alpha value is -3.52. The number of hydrogen-bond donors (Lipinski definition) is 4. The number of carbonyl (C=O) groups is 4. The maximum Gasteiger partial charge on any atom is 0.336 e. The summed E-state index contributed by atoms with van der Waals surface area (Å²) < 4.78 is 1.91. The first-order valence-electron chi connectivity index (χ1n) is 10.4. The van der Waals surface area contributed by atoms with Crippen molar-refractivity contribution in [1.29, 1.82) is 0 Å². The van der Waals surface area contributed by atoms with Crippen molar-refractivity contribution in [3.05, 3.63) is 102 Å². The fourth-order valence-corrected chi connectivity index (χ4v) is 4.41. The van der Waals surface area contributed by atoms with Crippen LogP contribution < -0.4 is 10.6 Å². The number of aromatic carboxylic acids is 2. The van der Waals surface area contributed by atoms with Crippen molar-refractivity contribution in [2.75, 3.05) is 10.6 Å². The highest BCUT2D eigenvalue weighted by Crippen LogP contribution is 2.32. The summed E-state index contributed by atoms with van der Waals surface area (Å²) in [6.45, 7) is 0. The van der Waals surface area contributed by atoms with Gasteiger partial charge in [0.2, 0.25) is 0 Å². The van der Waals surface area contributed by atoms with Gasteiger partial charge in [-0.15, -0.1) is 0 Å². The summed E-state index contributed by atoms with van der Waals surface area (Å²) in [6.07, 6.45) is 0. The van der Waals surface area contributed by atoms with Crippen molar-refractivity contribution in [3.8, 4) is 0 Å². The van der Waals surface area contributed by atoms with Crippen LogP contribution in [0.2, 0.25) is 0 Å². The van der Waals surface area contributed by atoms with Crippen molar-refractivity contribution in [1.82, 2.24) is 0 Å². The van der Waals surface area contributed by atoms with E-state index in [1.54, 1.807) is 48.5 Å². The number of nitrogens with one attached hydrogen (secondary N) is 2. The topological polar surface area (TPSA) is 133 Å². The molecule has 0 heterocycles. The van der Waals surface area contributed by atoms with Gasteiger partial charge in [-0.1, -0.05) is 0 Å². The molecular weight excluding hydrogens is 690 g/mol. The zero-order valence-electron chi connectivity index (χ0n) is 18.2. The number of rotatable bonds is 6. The number of fused-ring (bicyclic) bond motifs is 1. The molecule has 4 aromatic rings. The Morgan fingerprint density at radius 1 is 0.500 bits per heavy atom. The molecule has 0 aliphatic rings. The minimum absolute atomic E-state index is 0.0742. The van der Waals surface area contributed by atoms with Gasteiger partial charge >= 0.3 is 11.9 Å². The van der Waals surface area contributed by atoms with E-state index in [0.29, 0.717) is 11.4 Å². The average Bonchev–Trinajstić information content (AvgIpc) is 2.85. The quantitative estimate of drug-likeness (QED) is 0.183. The van der Waals surface area contributed by atoms with Crippen molar-refractivity contribution >= 4 is 91.1 Å². The van der Waals surface area contributed by atoms with Crippen molar-refractivity contribution in [2.45, 2.75) is 0 Å². The first-order chi connectivity index (χ1) is 17.2. The van der Waals surface area contributed by atoms with Crippen molar-refractivity contribution < 1.29 is 29.4 Å². The molecular formula is C26H16I2N2O6. The average molecular weight is 706 g/mol. The molecule has 2 amide bonds. The van der Waals surface area contributed by atoms with E-state index in [1.165, 1.54) is 12.1 Å². The second kappa shape index (κ2) is 10.6. The zero-order chi connectivity index (χ0) is 26.0. The molecule has 0 saturated heterocycles. The monoisotopic (exact) mass is 706 g/mol. The number of hydrogen-bond acceptors (Lipinski definition) is 4. The van der Waals surface area contributed by atoms with Gasteiger partial charge in [0.15, 0.2) is 0 Å². The Balaban J connectivity index is 1.90. The summed E-state index contributed by atoms with van der Waals surface area (Å²) in [5, 5.41) is 24.8. The number of anilines is 2. The Morgan fingerprint density at radius 2 is 0.806 bits per heavy atom. The van der Waals surface area contributed by atoms with Crippen LogP contribution in [0.15, 0.2) is 72.8 Å². The lowest BCUT2D eigenvalue weighted by molar-refractivity contribution is 0.0684. The molecule has 0 bridgehead atoms. The van der Waals surface area contributed by atoms with Gasteiger partial charge in [0.05, 0.1) is 11.1 Å². The number of benzene rings is 4. The van der Waals surface area contributed by atoms with Gasteiger partial charge in [-0.2, -0.15) is 0 Å². The lowest BCUT2D eigenvalue weighted by atomic mass is 9.90. The summed E-state index contributed by atoms with van der Waals surface area (Å²) in [4.78, 5) is 50.6. The second-order valence-corrected chi connectivity index (χ2v) is 10.1. The SMILES string of the molecule is O=C(O)c1ccc(C(=O)O)c2c(C(=O)Nc3ccc(I)cc3)ccc(C(=O)Nc3ccc(I)cc3)c12. The third-order valence-corrected chi connectivity index (χ3v) is 6.75. The molecule has 10 heteroatoms. The van der Waals surface area contributed by atoms with Crippen molar-refractivity contribution in [2.24, 2.45) is 0 Å². The molecule has 0 aliphatic carbocycles. The number of carboxylic acids is 2. The highest BCUT2D eigenvalue weighted by Gasteiger charge is 2.25. The first kappa shape index (κ1) is 25.6. The molecule has 36 heavy (non-hydrogen) atoms. The molecule has 0 aromatic heterocycles. The maximum absolute atomic E-state index is 13.2. The van der Waals surface area contributed by atoms with Crippen molar-refractivity contribution in [3.63, 3.8) is 0 Å². The fraction of sp³-hybridized carbons (Fsp3) is 0. The predicted molar refractivity (Wildman–Crippen MR) is 152 cm³/mol. The molecule has 4 N–H and O–H groups in total. The molecule has 0 radical (unpaired) electrons. The first-order valence-corrected chi connectivity index (χ1v) is 12.5. The number of halogens is 2. The molecule has 0 atom stereocenters. The molecule has 0 aliphatic heterocycles. The molecule has 0 fully saturated rings. The van der Waals surface area contributed by atoms with E-state index in [2.05, 4.69) is 55.8 Å². The highest BCUT2D eigenvalue weighted by atomic mass is 127. The third-order valence-electron chi connectivity index (χ3n) is 5.31. The van der Waals surface area contributed by atoms with Gasteiger partial charge in [-0.05, 0) is 118 Å². The largest absolute Gasteiger partial charge is 0.478 e. The van der Waals surface area contributed by atoms with E-state index in [0.717, 1.165) is 19.3 Å². The summed E-state index contributed by atoms with van der Waals surface area (Å²) >= 11 is 4.24. The van der Waals surface area contributed by atoms with Crippen LogP contribution in [0.1, 0.15) is 41.4 Å². The lowest BCUT2D eigenvalue weighted by Crippen LogP contribution is -2.18. The van der Waals surface area contributed by atoms with Crippen LogP contribution in [0.4, 0.5) is 11.4 Å². The Kier molecular flexibility index (Phi) is 7.54. The van der Waals surface area contributed by atoms with Gasteiger partial charge < -0.3 is 20.8 Å². The molecule has 0 spiro atoms. The highest BCUT2D eigenvalue weighted by molar-refractivity contribution is 14.1. The molecule has 4 aromatic carbocycles. The van der Waals surface area contributed by atoms with Crippen LogP contribution in [0, 0.1) is 7.14 Å². The summed E-state index contributed by atoms with van der Waals surface area (Å²) in [6, 6.07) is 18.8. The Labute approximate surface area is 232 Å². The Bertz CT molecular complexity index is 1420. The van der Waals surface area contributed by atoms with Crippen LogP contribution in [-0.4, -0.2) is 34.0 Å². The van der Waals surface area contributed by atoms with E-state index < -0.39 is 23.8 Å². The third kappa shape index (κ3) is 5.33. The number of amides is 2. The molecule has 0 saturated carbocycles. The second-order valence-electron chi connectivity index (χ2n) is 7.60. The van der Waals surface area contributed by atoms with Crippen LogP contribution in [0.5, 0.6) is 0 Å². The fourth-order valence-electron chi connectivity index (χ4n) is 3.69. The predicted octanol–water partition coefficient (Wildman–Crippen LogP) is 5.95. The minimum Gasteiger partial charge on any atom is -0.478 e. The van der Waals surface area contributed by atoms with Gasteiger partial charge in [-0.25, -0.2) is 9.59 Å². The molecule has 0 unspecified atom stereocenters. The summed E-state index contributed by atoms with van der Waals surface area (Å²) in [7, 11) is 0. The van der Waals surface area contributed by atoms with E-state index in [-0.39, 0.29) is 33.0 Å². The van der Waals surface area contributed by atoms with Gasteiger partial charge in [0.1, 0.15) is 0 Å². The maximum atomic E-state index is 13.2. The molecule has 180 valence electrons. The van der Waals surface area contributed by atoms with Gasteiger partial charge in [0.25, 0.3) is 11.8 Å². The smallest absolute Gasteiger partial charge is 0.336 e. The summed E-state index contributed by atoms with van der Waals surface area (Å²) in [5.41, 5.74) is 0.198. The number of carbonyl (C=O) groups excluding carboxylic acids is 2. The van der Waals surface area contributed by atoms with Crippen LogP contribution in [0.25, 0.3) is 10.8 Å². The van der Waals surface area contributed by atoms with Crippen LogP contribution in [0.3, 0.4) is 0 Å². The Morgan fingerprint density at radius 3 is 1.11 bits per heavy atom. The summed E-state index contributed by atoms with van der Waals surface area (Å²) in [5.74, 6) is -4.02. The van der Waals surface area contributed by atoms with E-state index in [1.807, 2.05) is 0 Å². The minimum atomic E-state index is -1.37. The van der Waals surface area contributed by atoms with Crippen LogP contribution >= 0.6 is 45.2 Å². The zero-order valence-corrected chi connectivity index (χ0v) is 22.5.